The number of hydrogen-bond acceptors (Lipinski definition) is 1. The van der Waals surface area contributed by atoms with Crippen LogP contribution in [0.5, 0.6) is 0 Å². The van der Waals surface area contributed by atoms with Crippen LogP contribution in [0.25, 0.3) is 43.8 Å². The van der Waals surface area contributed by atoms with Gasteiger partial charge in [-0.05, 0) is 47.9 Å². The summed E-state index contributed by atoms with van der Waals surface area (Å²) in [6, 6.07) is 40.0. The molecule has 0 aliphatic carbocycles. The Balaban J connectivity index is 0.000000218. The van der Waals surface area contributed by atoms with Crippen LogP contribution in [-0.2, 0) is 20.8 Å². The first-order valence-corrected chi connectivity index (χ1v) is 32.2. The van der Waals surface area contributed by atoms with Crippen molar-refractivity contribution in [1.82, 2.24) is 4.14 Å². The minimum absolute atomic E-state index is 0.632. The molecule has 2 radical (unpaired) electrons. The predicted octanol–water partition coefficient (Wildman–Crippen LogP) is 15.5. The van der Waals surface area contributed by atoms with Gasteiger partial charge in [-0.2, -0.15) is 12.1 Å². The van der Waals surface area contributed by atoms with Gasteiger partial charge in [0.05, 0.1) is 0 Å². The summed E-state index contributed by atoms with van der Waals surface area (Å²) < 4.78 is 2.15. The van der Waals surface area contributed by atoms with E-state index in [1.54, 1.807) is 0 Å². The second-order valence-electron chi connectivity index (χ2n) is 16.2. The summed E-state index contributed by atoms with van der Waals surface area (Å²) in [6.07, 6.45) is 2.38. The van der Waals surface area contributed by atoms with E-state index in [0.29, 0.717) is 11.8 Å². The number of benzene rings is 4. The van der Waals surface area contributed by atoms with Gasteiger partial charge in [-0.25, -0.2) is 0 Å². The van der Waals surface area contributed by atoms with Crippen LogP contribution in [0.4, 0.5) is 0 Å². The van der Waals surface area contributed by atoms with Gasteiger partial charge in [0.2, 0.25) is 0 Å². The van der Waals surface area contributed by atoms with Crippen LogP contribution in [-0.4, -0.2) is 28.6 Å². The Bertz CT molecular complexity index is 1880. The molecule has 0 spiro atoms. The molecule has 2 unspecified atom stereocenters. The minimum atomic E-state index is -1.22. The van der Waals surface area contributed by atoms with Gasteiger partial charge in [0.1, 0.15) is 16.5 Å². The van der Waals surface area contributed by atoms with Crippen molar-refractivity contribution < 1.29 is 20.8 Å². The third-order valence-electron chi connectivity index (χ3n) is 10.2. The number of aryl methyl sites for hydroxylation is 2. The van der Waals surface area contributed by atoms with Crippen LogP contribution >= 0.6 is 17.0 Å². The standard InChI is InChI=1S/2C20H21.C6H18BNSi2.2ClH.Zr/c2*1-4-14(2)17-12-16-9-7-11-19(20(16)13-17)18-10-6-5-8-15(18)3;1-9(2,3)8(7)10(4,5)6;;;/h2*5-14H,4H2,1-3H3;1-6H3;2*1H;/q2*-1;;;;+4/p-2. The first-order chi connectivity index (χ1) is 25.0. The van der Waals surface area contributed by atoms with Crippen molar-refractivity contribution in [3.05, 3.63) is 131 Å². The summed E-state index contributed by atoms with van der Waals surface area (Å²) in [5.74, 6) is 1.26. The molecule has 0 aromatic heterocycles. The molecule has 2 atom stereocenters. The molecule has 0 N–H and O–H groups in total. The molecule has 6 rings (SSSR count). The van der Waals surface area contributed by atoms with Gasteiger partial charge < -0.3 is 4.14 Å². The van der Waals surface area contributed by atoms with Crippen molar-refractivity contribution in [3.63, 3.8) is 0 Å². The maximum atomic E-state index is 5.98. The topological polar surface area (TPSA) is 3.24 Å². The monoisotopic (exact) mass is 853 g/mol. The Labute approximate surface area is 344 Å². The molecule has 0 saturated carbocycles. The Morgan fingerprint density at radius 3 is 1.19 bits per heavy atom. The number of halogens is 2. The molecule has 0 aliphatic rings. The Morgan fingerprint density at radius 1 is 0.585 bits per heavy atom. The zero-order valence-electron chi connectivity index (χ0n) is 34.2. The van der Waals surface area contributed by atoms with Gasteiger partial charge in [0.25, 0.3) is 0 Å². The molecule has 0 bridgehead atoms. The fourth-order valence-corrected chi connectivity index (χ4v) is 14.8. The normalized spacial score (nSPS) is 12.5. The van der Waals surface area contributed by atoms with E-state index in [4.69, 9.17) is 25.0 Å². The van der Waals surface area contributed by atoms with Crippen LogP contribution in [0, 0.1) is 13.8 Å². The van der Waals surface area contributed by atoms with Crippen molar-refractivity contribution in [1.29, 1.82) is 0 Å². The number of hydrogen-bond donors (Lipinski definition) is 0. The second-order valence-corrected chi connectivity index (χ2v) is 30.1. The SMILES string of the molecule is CCC(C)c1cc2c(-c3ccccc3C)cccc2[cH-]1.CCC(C)c1cc2c(-c3ccccc3C)cccc2[cH-]1.[B]N([Si](C)(C)C)[Si](C)(C)C.[Cl][Zr+2][Cl]. The average Bonchev–Trinajstić information content (AvgIpc) is 3.77. The number of nitrogens with zero attached hydrogens (tertiary/aromatic N) is 1. The molecule has 0 fully saturated rings. The Morgan fingerprint density at radius 2 is 0.906 bits per heavy atom. The van der Waals surface area contributed by atoms with Gasteiger partial charge >= 0.3 is 37.9 Å². The average molecular weight is 856 g/mol. The zero-order valence-corrected chi connectivity index (χ0v) is 40.2. The summed E-state index contributed by atoms with van der Waals surface area (Å²) in [7, 11) is 13.4. The Hall–Kier alpha value is -1.98. The third-order valence-corrected chi connectivity index (χ3v) is 17.1. The van der Waals surface area contributed by atoms with Gasteiger partial charge in [0, 0.05) is 0 Å². The summed E-state index contributed by atoms with van der Waals surface area (Å²) >= 11 is -0.826. The van der Waals surface area contributed by atoms with E-state index < -0.39 is 37.3 Å². The van der Waals surface area contributed by atoms with Gasteiger partial charge in [-0.1, -0.05) is 152 Å². The van der Waals surface area contributed by atoms with E-state index >= 15 is 0 Å². The van der Waals surface area contributed by atoms with Crippen LogP contribution in [0.3, 0.4) is 0 Å². The molecular formula is C46H60BCl2NSi2Zr. The van der Waals surface area contributed by atoms with Crippen molar-refractivity contribution in [3.8, 4) is 22.3 Å². The van der Waals surface area contributed by atoms with Crippen LogP contribution < -0.4 is 0 Å². The Kier molecular flexibility index (Phi) is 17.8. The maximum absolute atomic E-state index is 5.98. The van der Waals surface area contributed by atoms with E-state index in [9.17, 15) is 0 Å². The van der Waals surface area contributed by atoms with Gasteiger partial charge in [-0.3, -0.25) is 0 Å². The molecule has 1 nitrogen and oxygen atoms in total. The van der Waals surface area contributed by atoms with E-state index in [-0.39, 0.29) is 0 Å². The quantitative estimate of drug-likeness (QED) is 0.109. The summed E-state index contributed by atoms with van der Waals surface area (Å²) in [5, 5.41) is 5.50. The van der Waals surface area contributed by atoms with Crippen LogP contribution in [0.15, 0.2) is 109 Å². The fourth-order valence-electron chi connectivity index (χ4n) is 6.78. The van der Waals surface area contributed by atoms with E-state index in [1.807, 2.05) is 0 Å². The molecule has 53 heavy (non-hydrogen) atoms. The molecule has 0 heterocycles. The number of rotatable bonds is 8. The van der Waals surface area contributed by atoms with Crippen LogP contribution in [0.2, 0.25) is 39.3 Å². The molecular weight excluding hydrogens is 796 g/mol. The molecule has 278 valence electrons. The predicted molar refractivity (Wildman–Crippen MR) is 243 cm³/mol. The van der Waals surface area contributed by atoms with E-state index in [2.05, 4.69) is 194 Å². The van der Waals surface area contributed by atoms with E-state index in [0.717, 1.165) is 0 Å². The fraction of sp³-hybridized carbons (Fsp3) is 0.348. The van der Waals surface area contributed by atoms with Crippen molar-refractivity contribution >= 4 is 63.0 Å². The molecule has 6 aromatic rings. The molecule has 6 aromatic carbocycles. The number of fused-ring (bicyclic) bond motifs is 2. The zero-order chi connectivity index (χ0) is 39.5. The van der Waals surface area contributed by atoms with Crippen LogP contribution in [0.1, 0.15) is 74.6 Å². The van der Waals surface area contributed by atoms with Crippen molar-refractivity contribution in [2.75, 3.05) is 0 Å². The molecule has 0 saturated heterocycles. The first-order valence-electron chi connectivity index (χ1n) is 19.0. The summed E-state index contributed by atoms with van der Waals surface area (Å²) in [4.78, 5) is 0. The first kappa shape index (κ1) is 45.4. The van der Waals surface area contributed by atoms with Crippen molar-refractivity contribution in [2.45, 2.75) is 106 Å². The summed E-state index contributed by atoms with van der Waals surface area (Å²) in [5.41, 5.74) is 11.0. The molecule has 0 aliphatic heterocycles. The van der Waals surface area contributed by atoms with E-state index in [1.165, 1.54) is 78.9 Å². The van der Waals surface area contributed by atoms with Gasteiger partial charge in [-0.15, -0.1) is 69.1 Å². The second kappa shape index (κ2) is 20.8. The van der Waals surface area contributed by atoms with Gasteiger partial charge in [0.15, 0.2) is 7.98 Å². The summed E-state index contributed by atoms with van der Waals surface area (Å²) in [6.45, 7) is 27.2. The molecule has 0 amide bonds. The third kappa shape index (κ3) is 12.5. The molecule has 7 heteroatoms. The van der Waals surface area contributed by atoms with Crippen molar-refractivity contribution in [2.24, 2.45) is 0 Å².